The van der Waals surface area contributed by atoms with Crippen LogP contribution in [-0.2, 0) is 0 Å². The molecule has 1 nitrogen and oxygen atoms in total. The zero-order chi connectivity index (χ0) is 10.3. The lowest BCUT2D eigenvalue weighted by Crippen LogP contribution is -2.02. The molecule has 0 amide bonds. The fourth-order valence-corrected chi connectivity index (χ4v) is 2.68. The highest BCUT2D eigenvalue weighted by Gasteiger charge is 2.09. The lowest BCUT2D eigenvalue weighted by molar-refractivity contribution is 0.420. The van der Waals surface area contributed by atoms with E-state index in [4.69, 9.17) is 0 Å². The van der Waals surface area contributed by atoms with Crippen molar-refractivity contribution in [1.82, 2.24) is 4.98 Å². The van der Waals surface area contributed by atoms with Crippen molar-refractivity contribution in [2.24, 2.45) is 5.92 Å². The molecule has 0 aliphatic heterocycles. The minimum atomic E-state index is 0.815. The van der Waals surface area contributed by atoms with Crippen LogP contribution in [0.25, 0.3) is 0 Å². The van der Waals surface area contributed by atoms with Crippen molar-refractivity contribution in [3.63, 3.8) is 0 Å². The number of nitrogens with zero attached hydrogens (tertiary/aromatic N) is 1. The fraction of sp³-hybridized carbons (Fsp3) is 0.462. The van der Waals surface area contributed by atoms with Crippen molar-refractivity contribution >= 4 is 11.8 Å². The van der Waals surface area contributed by atoms with E-state index in [1.807, 2.05) is 18.3 Å². The molecule has 80 valence electrons. The maximum absolute atomic E-state index is 4.27. The third-order valence-corrected chi connectivity index (χ3v) is 3.60. The van der Waals surface area contributed by atoms with Gasteiger partial charge in [0, 0.05) is 6.20 Å². The van der Waals surface area contributed by atoms with E-state index in [0.717, 1.165) is 10.9 Å². The summed E-state index contributed by atoms with van der Waals surface area (Å²) in [5.41, 5.74) is 0. The molecule has 2 heteroatoms. The molecular weight excluding hydrogens is 202 g/mol. The van der Waals surface area contributed by atoms with E-state index >= 15 is 0 Å². The van der Waals surface area contributed by atoms with Gasteiger partial charge in [-0.05, 0) is 36.3 Å². The topological polar surface area (TPSA) is 12.9 Å². The minimum absolute atomic E-state index is 0.815. The van der Waals surface area contributed by atoms with Crippen LogP contribution in [0.4, 0.5) is 0 Å². The van der Waals surface area contributed by atoms with Gasteiger partial charge in [0.1, 0.15) is 5.03 Å². The predicted octanol–water partition coefficient (Wildman–Crippen LogP) is 4.27. The van der Waals surface area contributed by atoms with E-state index in [1.165, 1.54) is 32.1 Å². The summed E-state index contributed by atoms with van der Waals surface area (Å²) in [5.74, 6) is 0.815. The van der Waals surface area contributed by atoms with E-state index in [1.54, 1.807) is 11.8 Å². The summed E-state index contributed by atoms with van der Waals surface area (Å²) >= 11 is 1.72. The van der Waals surface area contributed by atoms with Crippen LogP contribution in [0.1, 0.15) is 32.1 Å². The molecule has 0 N–H and O–H groups in total. The predicted molar refractivity (Wildman–Crippen MR) is 65.8 cm³/mol. The smallest absolute Gasteiger partial charge is 0.100 e. The Hall–Kier alpha value is -0.760. The summed E-state index contributed by atoms with van der Waals surface area (Å²) in [7, 11) is 0. The number of hydrogen-bond acceptors (Lipinski definition) is 2. The Labute approximate surface area is 96.0 Å². The maximum Gasteiger partial charge on any atom is 0.100 e. The maximum atomic E-state index is 4.27. The molecule has 0 bridgehead atoms. The first-order valence-electron chi connectivity index (χ1n) is 5.69. The Balaban J connectivity index is 1.79. The van der Waals surface area contributed by atoms with Gasteiger partial charge in [0.05, 0.1) is 0 Å². The standard InChI is InChI=1S/C13H17NS/c1-2-6-12(7-3-1)9-11-15-13-8-4-5-10-14-13/h4-5,8-12H,1-3,6-7H2/b11-9+. The monoisotopic (exact) mass is 219 g/mol. The Morgan fingerprint density at radius 3 is 2.80 bits per heavy atom. The summed E-state index contributed by atoms with van der Waals surface area (Å²) in [4.78, 5) is 4.27. The molecule has 1 aromatic rings. The Morgan fingerprint density at radius 2 is 2.07 bits per heavy atom. The average Bonchev–Trinajstić information content (AvgIpc) is 2.32. The van der Waals surface area contributed by atoms with Crippen molar-refractivity contribution in [2.75, 3.05) is 0 Å². The molecule has 1 fully saturated rings. The van der Waals surface area contributed by atoms with Gasteiger partial charge in [0.25, 0.3) is 0 Å². The zero-order valence-corrected chi connectivity index (χ0v) is 9.75. The second-order valence-electron chi connectivity index (χ2n) is 4.01. The number of aromatic nitrogens is 1. The quantitative estimate of drug-likeness (QED) is 0.704. The molecule has 0 spiro atoms. The highest BCUT2D eigenvalue weighted by Crippen LogP contribution is 2.26. The number of rotatable bonds is 3. The molecule has 0 aromatic carbocycles. The van der Waals surface area contributed by atoms with Gasteiger partial charge in [0.15, 0.2) is 0 Å². The summed E-state index contributed by atoms with van der Waals surface area (Å²) in [6.07, 6.45) is 11.2. The molecule has 2 rings (SSSR count). The van der Waals surface area contributed by atoms with Crippen molar-refractivity contribution in [3.8, 4) is 0 Å². The van der Waals surface area contributed by atoms with Gasteiger partial charge in [-0.3, -0.25) is 0 Å². The Morgan fingerprint density at radius 1 is 1.20 bits per heavy atom. The molecule has 0 unspecified atom stereocenters. The first kappa shape index (κ1) is 10.7. The van der Waals surface area contributed by atoms with Crippen LogP contribution in [0, 0.1) is 5.92 Å². The number of pyridine rings is 1. The third kappa shape index (κ3) is 3.71. The van der Waals surface area contributed by atoms with E-state index in [-0.39, 0.29) is 0 Å². The van der Waals surface area contributed by atoms with E-state index in [2.05, 4.69) is 22.5 Å². The van der Waals surface area contributed by atoms with Gasteiger partial charge in [-0.1, -0.05) is 43.2 Å². The summed E-state index contributed by atoms with van der Waals surface area (Å²) < 4.78 is 0. The van der Waals surface area contributed by atoms with Crippen LogP contribution >= 0.6 is 11.8 Å². The second-order valence-corrected chi connectivity index (χ2v) is 4.94. The molecule has 1 aliphatic carbocycles. The van der Waals surface area contributed by atoms with Crippen molar-refractivity contribution < 1.29 is 0 Å². The SMILES string of the molecule is C(=C\C1CCCCC1)/Sc1ccccn1. The normalized spacial score (nSPS) is 18.4. The molecule has 1 aliphatic rings. The van der Waals surface area contributed by atoms with Crippen molar-refractivity contribution in [2.45, 2.75) is 37.1 Å². The molecular formula is C13H17NS. The molecule has 15 heavy (non-hydrogen) atoms. The van der Waals surface area contributed by atoms with Gasteiger partial charge < -0.3 is 0 Å². The lowest BCUT2D eigenvalue weighted by atomic mass is 9.90. The molecule has 0 atom stereocenters. The van der Waals surface area contributed by atoms with Crippen molar-refractivity contribution in [3.05, 3.63) is 35.9 Å². The zero-order valence-electron chi connectivity index (χ0n) is 8.93. The van der Waals surface area contributed by atoms with Gasteiger partial charge >= 0.3 is 0 Å². The summed E-state index contributed by atoms with van der Waals surface area (Å²) in [5, 5.41) is 3.29. The van der Waals surface area contributed by atoms with Gasteiger partial charge in [0.2, 0.25) is 0 Å². The minimum Gasteiger partial charge on any atom is -0.250 e. The van der Waals surface area contributed by atoms with Crippen LogP contribution in [-0.4, -0.2) is 4.98 Å². The van der Waals surface area contributed by atoms with E-state index in [0.29, 0.717) is 0 Å². The highest BCUT2D eigenvalue weighted by atomic mass is 32.2. The van der Waals surface area contributed by atoms with Gasteiger partial charge in [-0.2, -0.15) is 0 Å². The van der Waals surface area contributed by atoms with Crippen LogP contribution in [0.2, 0.25) is 0 Å². The highest BCUT2D eigenvalue weighted by molar-refractivity contribution is 8.02. The van der Waals surface area contributed by atoms with E-state index < -0.39 is 0 Å². The number of hydrogen-bond donors (Lipinski definition) is 0. The summed E-state index contributed by atoms with van der Waals surface area (Å²) in [6.45, 7) is 0. The van der Waals surface area contributed by atoms with Crippen LogP contribution in [0.5, 0.6) is 0 Å². The molecule has 0 saturated heterocycles. The van der Waals surface area contributed by atoms with E-state index in [9.17, 15) is 0 Å². The lowest BCUT2D eigenvalue weighted by Gasteiger charge is -2.17. The van der Waals surface area contributed by atoms with Gasteiger partial charge in [-0.25, -0.2) is 4.98 Å². The van der Waals surface area contributed by atoms with Crippen molar-refractivity contribution in [1.29, 1.82) is 0 Å². The average molecular weight is 219 g/mol. The molecule has 1 heterocycles. The molecule has 1 saturated carbocycles. The Bertz CT molecular complexity index is 302. The molecule has 1 aromatic heterocycles. The van der Waals surface area contributed by atoms with Gasteiger partial charge in [-0.15, -0.1) is 0 Å². The largest absolute Gasteiger partial charge is 0.250 e. The van der Waals surface area contributed by atoms with Crippen LogP contribution < -0.4 is 0 Å². The fourth-order valence-electron chi connectivity index (χ4n) is 1.96. The third-order valence-electron chi connectivity index (χ3n) is 2.83. The van der Waals surface area contributed by atoms with Crippen LogP contribution in [0.3, 0.4) is 0 Å². The number of allylic oxidation sites excluding steroid dienone is 1. The Kier molecular flexibility index (Phi) is 4.27. The van der Waals surface area contributed by atoms with Crippen LogP contribution in [0.15, 0.2) is 40.9 Å². The molecule has 0 radical (unpaired) electrons. The first-order chi connectivity index (χ1) is 7.45. The number of thioether (sulfide) groups is 1. The summed E-state index contributed by atoms with van der Waals surface area (Å²) in [6, 6.07) is 6.04. The second kappa shape index (κ2) is 5.96. The first-order valence-corrected chi connectivity index (χ1v) is 6.57.